The summed E-state index contributed by atoms with van der Waals surface area (Å²) < 4.78 is 36.8. The van der Waals surface area contributed by atoms with Gasteiger partial charge in [-0.25, -0.2) is 4.79 Å². The maximum absolute atomic E-state index is 12.3. The normalized spacial score (nSPS) is 12.8. The number of nitrogens with one attached hydrogen (secondary N) is 2. The number of anilines is 1. The van der Waals surface area contributed by atoms with E-state index in [0.717, 1.165) is 0 Å². The fraction of sp³-hybridized carbons (Fsp3) is 0.462. The van der Waals surface area contributed by atoms with Gasteiger partial charge in [0.1, 0.15) is 0 Å². The van der Waals surface area contributed by atoms with Crippen molar-refractivity contribution >= 4 is 11.7 Å². The summed E-state index contributed by atoms with van der Waals surface area (Å²) in [4.78, 5) is 11.6. The first kappa shape index (κ1) is 16.3. The smallest absolute Gasteiger partial charge is 0.393 e. The number of amides is 2. The van der Waals surface area contributed by atoms with Gasteiger partial charge in [0.25, 0.3) is 0 Å². The fourth-order valence-corrected chi connectivity index (χ4v) is 1.65. The predicted octanol–water partition coefficient (Wildman–Crippen LogP) is 2.68. The first-order valence-corrected chi connectivity index (χ1v) is 6.14. The van der Waals surface area contributed by atoms with E-state index in [9.17, 15) is 18.0 Å². The molecule has 0 spiro atoms. The first-order valence-electron chi connectivity index (χ1n) is 6.14. The van der Waals surface area contributed by atoms with Gasteiger partial charge in [0, 0.05) is 18.3 Å². The lowest BCUT2D eigenvalue weighted by atomic mass is 10.1. The molecule has 112 valence electrons. The summed E-state index contributed by atoms with van der Waals surface area (Å²) in [7, 11) is 0. The average Bonchev–Trinajstić information content (AvgIpc) is 2.26. The van der Waals surface area contributed by atoms with Crippen LogP contribution in [0, 0.1) is 0 Å². The van der Waals surface area contributed by atoms with Crippen LogP contribution in [0.1, 0.15) is 18.9 Å². The Labute approximate surface area is 115 Å². The van der Waals surface area contributed by atoms with E-state index in [-0.39, 0.29) is 18.2 Å². The van der Waals surface area contributed by atoms with Crippen LogP contribution in [0.5, 0.6) is 0 Å². The number of benzene rings is 1. The van der Waals surface area contributed by atoms with Gasteiger partial charge in [-0.05, 0) is 31.0 Å². The zero-order valence-corrected chi connectivity index (χ0v) is 11.0. The zero-order valence-electron chi connectivity index (χ0n) is 11.0. The molecule has 1 atom stereocenters. The maximum Gasteiger partial charge on any atom is 0.393 e. The fourth-order valence-electron chi connectivity index (χ4n) is 1.65. The topological polar surface area (TPSA) is 61.4 Å². The SMILES string of the molecule is C[C@H](CCO)NC(=O)Nc1cccc(CC(F)(F)F)c1. The maximum atomic E-state index is 12.3. The van der Waals surface area contributed by atoms with Crippen molar-refractivity contribution in [1.29, 1.82) is 0 Å². The van der Waals surface area contributed by atoms with Gasteiger partial charge >= 0.3 is 12.2 Å². The number of carbonyl (C=O) groups is 1. The van der Waals surface area contributed by atoms with E-state index in [1.807, 2.05) is 0 Å². The monoisotopic (exact) mass is 290 g/mol. The van der Waals surface area contributed by atoms with Crippen molar-refractivity contribution in [3.63, 3.8) is 0 Å². The predicted molar refractivity (Wildman–Crippen MR) is 69.5 cm³/mol. The summed E-state index contributed by atoms with van der Waals surface area (Å²) in [5.41, 5.74) is 0.374. The number of carbonyl (C=O) groups excluding carboxylic acids is 1. The minimum absolute atomic E-state index is 0.0531. The van der Waals surface area contributed by atoms with Gasteiger partial charge in [-0.1, -0.05) is 12.1 Å². The van der Waals surface area contributed by atoms with Gasteiger partial charge in [0.2, 0.25) is 0 Å². The molecule has 0 saturated heterocycles. The number of urea groups is 1. The molecule has 2 amide bonds. The molecule has 4 nitrogen and oxygen atoms in total. The van der Waals surface area contributed by atoms with E-state index in [2.05, 4.69) is 10.6 Å². The van der Waals surface area contributed by atoms with E-state index in [4.69, 9.17) is 5.11 Å². The summed E-state index contributed by atoms with van der Waals surface area (Å²) in [6, 6.07) is 4.85. The van der Waals surface area contributed by atoms with Crippen molar-refractivity contribution in [3.8, 4) is 0 Å². The van der Waals surface area contributed by atoms with Crippen molar-refractivity contribution in [2.75, 3.05) is 11.9 Å². The second kappa shape index (κ2) is 7.14. The quantitative estimate of drug-likeness (QED) is 0.780. The Morgan fingerprint density at radius 3 is 2.70 bits per heavy atom. The van der Waals surface area contributed by atoms with E-state index in [0.29, 0.717) is 12.1 Å². The molecule has 1 rings (SSSR count). The second-order valence-corrected chi connectivity index (χ2v) is 4.50. The molecular formula is C13H17F3N2O2. The van der Waals surface area contributed by atoms with E-state index in [1.165, 1.54) is 24.3 Å². The molecule has 0 heterocycles. The lowest BCUT2D eigenvalue weighted by Gasteiger charge is -2.14. The van der Waals surface area contributed by atoms with Gasteiger partial charge < -0.3 is 15.7 Å². The van der Waals surface area contributed by atoms with Crippen LogP contribution in [0.15, 0.2) is 24.3 Å². The number of rotatable bonds is 5. The number of alkyl halides is 3. The Morgan fingerprint density at radius 2 is 2.10 bits per heavy atom. The lowest BCUT2D eigenvalue weighted by Crippen LogP contribution is -2.36. The third kappa shape index (κ3) is 6.42. The van der Waals surface area contributed by atoms with Gasteiger partial charge in [-0.3, -0.25) is 0 Å². The van der Waals surface area contributed by atoms with Gasteiger partial charge in [-0.15, -0.1) is 0 Å². The molecule has 0 unspecified atom stereocenters. The lowest BCUT2D eigenvalue weighted by molar-refractivity contribution is -0.127. The third-order valence-corrected chi connectivity index (χ3v) is 2.53. The molecule has 1 aromatic rings. The minimum Gasteiger partial charge on any atom is -0.396 e. The van der Waals surface area contributed by atoms with E-state index >= 15 is 0 Å². The van der Waals surface area contributed by atoms with Crippen LogP contribution < -0.4 is 10.6 Å². The molecule has 0 fully saturated rings. The Hall–Kier alpha value is -1.76. The molecule has 0 radical (unpaired) electrons. The van der Waals surface area contributed by atoms with E-state index in [1.54, 1.807) is 6.92 Å². The van der Waals surface area contributed by atoms with Crippen molar-refractivity contribution in [2.45, 2.75) is 32.0 Å². The van der Waals surface area contributed by atoms with Crippen molar-refractivity contribution in [3.05, 3.63) is 29.8 Å². The highest BCUT2D eigenvalue weighted by Gasteiger charge is 2.27. The highest BCUT2D eigenvalue weighted by atomic mass is 19.4. The van der Waals surface area contributed by atoms with Gasteiger partial charge in [0.15, 0.2) is 0 Å². The van der Waals surface area contributed by atoms with Crippen LogP contribution in [0.2, 0.25) is 0 Å². The van der Waals surface area contributed by atoms with Gasteiger partial charge in [0.05, 0.1) is 6.42 Å². The van der Waals surface area contributed by atoms with Crippen molar-refractivity contribution < 1.29 is 23.1 Å². The average molecular weight is 290 g/mol. The molecule has 0 aliphatic rings. The van der Waals surface area contributed by atoms with Crippen LogP contribution >= 0.6 is 0 Å². The number of hydrogen-bond donors (Lipinski definition) is 3. The molecule has 20 heavy (non-hydrogen) atoms. The molecule has 0 saturated carbocycles. The summed E-state index contributed by atoms with van der Waals surface area (Å²) in [6.45, 7) is 1.67. The summed E-state index contributed by atoms with van der Waals surface area (Å²) >= 11 is 0. The van der Waals surface area contributed by atoms with Crippen molar-refractivity contribution in [1.82, 2.24) is 5.32 Å². The molecular weight excluding hydrogens is 273 g/mol. The molecule has 1 aromatic carbocycles. The summed E-state index contributed by atoms with van der Waals surface area (Å²) in [6.07, 6.45) is -4.91. The standard InChI is InChI=1S/C13H17F3N2O2/c1-9(5-6-19)17-12(20)18-11-4-2-3-10(7-11)8-13(14,15)16/h2-4,7,9,19H,5-6,8H2,1H3,(H2,17,18,20)/t9-/m1/s1. The van der Waals surface area contributed by atoms with E-state index < -0.39 is 18.6 Å². The zero-order chi connectivity index (χ0) is 15.2. The molecule has 7 heteroatoms. The molecule has 0 bridgehead atoms. The number of halogens is 3. The minimum atomic E-state index is -4.28. The summed E-state index contributed by atoms with van der Waals surface area (Å²) in [5, 5.41) is 13.7. The summed E-state index contributed by atoms with van der Waals surface area (Å²) in [5.74, 6) is 0. The highest BCUT2D eigenvalue weighted by Crippen LogP contribution is 2.22. The molecule has 0 aliphatic carbocycles. The molecule has 0 aliphatic heterocycles. The Bertz CT molecular complexity index is 449. The third-order valence-electron chi connectivity index (χ3n) is 2.53. The van der Waals surface area contributed by atoms with Gasteiger partial charge in [-0.2, -0.15) is 13.2 Å². The van der Waals surface area contributed by atoms with Crippen LogP contribution in [0.4, 0.5) is 23.7 Å². The van der Waals surface area contributed by atoms with Crippen LogP contribution in [-0.2, 0) is 6.42 Å². The Morgan fingerprint density at radius 1 is 1.40 bits per heavy atom. The van der Waals surface area contributed by atoms with Crippen molar-refractivity contribution in [2.24, 2.45) is 0 Å². The Balaban J connectivity index is 2.60. The largest absolute Gasteiger partial charge is 0.396 e. The van der Waals surface area contributed by atoms with Crippen LogP contribution in [0.3, 0.4) is 0 Å². The van der Waals surface area contributed by atoms with Crippen LogP contribution in [-0.4, -0.2) is 30.0 Å². The highest BCUT2D eigenvalue weighted by molar-refractivity contribution is 5.89. The molecule has 0 aromatic heterocycles. The number of aliphatic hydroxyl groups excluding tert-OH is 1. The first-order chi connectivity index (χ1) is 9.30. The molecule has 3 N–H and O–H groups in total. The number of aliphatic hydroxyl groups is 1. The Kier molecular flexibility index (Phi) is 5.82. The second-order valence-electron chi connectivity index (χ2n) is 4.50. The van der Waals surface area contributed by atoms with Crippen LogP contribution in [0.25, 0.3) is 0 Å². The number of hydrogen-bond acceptors (Lipinski definition) is 2.